The predicted molar refractivity (Wildman–Crippen MR) is 88.9 cm³/mol. The lowest BCUT2D eigenvalue weighted by Crippen LogP contribution is -2.41. The number of hydrazine groups is 1. The Morgan fingerprint density at radius 1 is 1.28 bits per heavy atom. The minimum absolute atomic E-state index is 0.393. The monoisotopic (exact) mass is 383 g/mol. The van der Waals surface area contributed by atoms with Crippen molar-refractivity contribution in [3.8, 4) is 5.75 Å². The summed E-state index contributed by atoms with van der Waals surface area (Å²) in [5.41, 5.74) is 2.45. The summed E-state index contributed by atoms with van der Waals surface area (Å²) in [6, 6.07) is 4.35. The molecule has 0 atom stereocenters. The fraction of sp³-hybridized carbons (Fsp3) is 0.214. The number of nitrogens with one attached hydrogen (secondary N) is 2. The summed E-state index contributed by atoms with van der Waals surface area (Å²) in [5, 5.41) is 20.2. The van der Waals surface area contributed by atoms with E-state index in [2.05, 4.69) is 5.43 Å². The number of phenols is 1. The Hall–Kier alpha value is -2.50. The average Bonchev–Trinajstić information content (AvgIpc) is 3.14. The lowest BCUT2D eigenvalue weighted by Gasteiger charge is -2.08. The fourth-order valence-corrected chi connectivity index (χ4v) is 4.50. The fourth-order valence-electron chi connectivity index (χ4n) is 2.49. The highest BCUT2D eigenvalue weighted by molar-refractivity contribution is 7.89. The predicted octanol–water partition coefficient (Wildman–Crippen LogP) is 1.47. The third-order valence-corrected chi connectivity index (χ3v) is 6.20. The van der Waals surface area contributed by atoms with Gasteiger partial charge < -0.3 is 5.11 Å². The average molecular weight is 383 g/mol. The molecule has 3 N–H and O–H groups in total. The van der Waals surface area contributed by atoms with Crippen molar-refractivity contribution in [3.63, 3.8) is 0 Å². The topological polar surface area (TPSA) is 139 Å². The zero-order chi connectivity index (χ0) is 18.2. The maximum atomic E-state index is 12.2. The molecule has 25 heavy (non-hydrogen) atoms. The summed E-state index contributed by atoms with van der Waals surface area (Å²) in [5.74, 6) is -1.25. The first-order valence-corrected chi connectivity index (χ1v) is 9.49. The van der Waals surface area contributed by atoms with E-state index in [0.717, 1.165) is 41.8 Å². The van der Waals surface area contributed by atoms with Crippen molar-refractivity contribution in [2.45, 2.75) is 24.2 Å². The molecule has 3 rings (SSSR count). The van der Waals surface area contributed by atoms with Gasteiger partial charge in [0, 0.05) is 10.9 Å². The van der Waals surface area contributed by atoms with Gasteiger partial charge >= 0.3 is 5.69 Å². The van der Waals surface area contributed by atoms with Gasteiger partial charge in [0.1, 0.15) is 0 Å². The molecule has 0 spiro atoms. The van der Waals surface area contributed by atoms with E-state index in [9.17, 15) is 28.4 Å². The molecule has 1 aliphatic rings. The van der Waals surface area contributed by atoms with E-state index < -0.39 is 37.2 Å². The lowest BCUT2D eigenvalue weighted by atomic mass is 10.2. The first kappa shape index (κ1) is 17.3. The van der Waals surface area contributed by atoms with Gasteiger partial charge in [0.15, 0.2) is 5.75 Å². The molecule has 11 heteroatoms. The normalized spacial score (nSPS) is 13.4. The van der Waals surface area contributed by atoms with Crippen LogP contribution in [-0.2, 0) is 22.9 Å². The van der Waals surface area contributed by atoms with Crippen molar-refractivity contribution in [2.75, 3.05) is 0 Å². The number of aryl methyl sites for hydroxylation is 2. The van der Waals surface area contributed by atoms with Gasteiger partial charge in [0.05, 0.1) is 14.7 Å². The summed E-state index contributed by atoms with van der Waals surface area (Å²) in [7, 11) is -4.22. The van der Waals surface area contributed by atoms with Gasteiger partial charge in [-0.3, -0.25) is 20.3 Å². The van der Waals surface area contributed by atoms with Gasteiger partial charge in [-0.1, -0.05) is 0 Å². The Morgan fingerprint density at radius 2 is 2.04 bits per heavy atom. The number of aromatic hydroxyl groups is 1. The maximum Gasteiger partial charge on any atom is 0.312 e. The first-order chi connectivity index (χ1) is 11.8. The Kier molecular flexibility index (Phi) is 4.45. The maximum absolute atomic E-state index is 12.2. The van der Waals surface area contributed by atoms with Gasteiger partial charge in [-0.15, -0.1) is 16.2 Å². The second kappa shape index (κ2) is 6.43. The van der Waals surface area contributed by atoms with Crippen molar-refractivity contribution < 1.29 is 23.2 Å². The van der Waals surface area contributed by atoms with Gasteiger partial charge in [0.2, 0.25) is 0 Å². The standard InChI is InChI=1S/C14H13N3O6S2/c18-11-5-4-9(7-10(11)17(20)21)25(22,23)16-15-14(19)13-6-8-2-1-3-12(8)24-13/h4-7,16,18H,1-3H2,(H,15,19). The molecule has 0 bridgehead atoms. The van der Waals surface area contributed by atoms with Crippen LogP contribution in [0.1, 0.15) is 26.5 Å². The molecule has 2 aromatic rings. The van der Waals surface area contributed by atoms with Gasteiger partial charge in [-0.05, 0) is 43.0 Å². The summed E-state index contributed by atoms with van der Waals surface area (Å²) in [6.07, 6.45) is 2.87. The summed E-state index contributed by atoms with van der Waals surface area (Å²) >= 11 is 1.32. The van der Waals surface area contributed by atoms with Crippen LogP contribution in [0, 0.1) is 10.1 Å². The Morgan fingerprint density at radius 3 is 2.72 bits per heavy atom. The number of hydrogen-bond acceptors (Lipinski definition) is 7. The Balaban J connectivity index is 1.74. The smallest absolute Gasteiger partial charge is 0.312 e. The van der Waals surface area contributed by atoms with Crippen molar-refractivity contribution in [1.82, 2.24) is 10.3 Å². The van der Waals surface area contributed by atoms with Crippen LogP contribution in [0.5, 0.6) is 5.75 Å². The van der Waals surface area contributed by atoms with Crippen LogP contribution < -0.4 is 10.3 Å². The second-order valence-electron chi connectivity index (χ2n) is 5.38. The number of phenolic OH excluding ortho intramolecular Hbond substituents is 1. The quantitative estimate of drug-likeness (QED) is 0.528. The SMILES string of the molecule is O=C(NNS(=O)(=O)c1ccc(O)c([N+](=O)[O-])c1)c1cc2c(s1)CCC2. The van der Waals surface area contributed by atoms with E-state index in [1.165, 1.54) is 11.3 Å². The highest BCUT2D eigenvalue weighted by Gasteiger charge is 2.23. The molecule has 0 radical (unpaired) electrons. The van der Waals surface area contributed by atoms with Crippen LogP contribution in [0.4, 0.5) is 5.69 Å². The van der Waals surface area contributed by atoms with E-state index in [1.54, 1.807) is 6.07 Å². The van der Waals surface area contributed by atoms with Crippen LogP contribution in [0.15, 0.2) is 29.2 Å². The van der Waals surface area contributed by atoms with Crippen molar-refractivity contribution in [3.05, 3.63) is 49.7 Å². The number of sulfonamides is 1. The zero-order valence-corrected chi connectivity index (χ0v) is 14.3. The van der Waals surface area contributed by atoms with E-state index in [4.69, 9.17) is 0 Å². The lowest BCUT2D eigenvalue weighted by molar-refractivity contribution is -0.386. The molecule has 0 saturated heterocycles. The number of rotatable bonds is 5. The molecule has 1 aromatic carbocycles. The number of fused-ring (bicyclic) bond motifs is 1. The van der Waals surface area contributed by atoms with Crippen LogP contribution in [0.3, 0.4) is 0 Å². The van der Waals surface area contributed by atoms with Crippen LogP contribution in [-0.4, -0.2) is 24.4 Å². The molecule has 0 saturated carbocycles. The molecule has 0 unspecified atom stereocenters. The largest absolute Gasteiger partial charge is 0.502 e. The number of thiophene rings is 1. The number of carbonyl (C=O) groups is 1. The molecule has 1 aromatic heterocycles. The second-order valence-corrected chi connectivity index (χ2v) is 8.20. The molecular formula is C14H13N3O6S2. The molecule has 1 heterocycles. The van der Waals surface area contributed by atoms with E-state index in [0.29, 0.717) is 10.9 Å². The summed E-state index contributed by atoms with van der Waals surface area (Å²) < 4.78 is 24.3. The van der Waals surface area contributed by atoms with Crippen molar-refractivity contribution in [1.29, 1.82) is 0 Å². The third kappa shape index (κ3) is 3.48. The number of nitro groups is 1. The van der Waals surface area contributed by atoms with E-state index in [-0.39, 0.29) is 0 Å². The van der Waals surface area contributed by atoms with Crippen LogP contribution >= 0.6 is 11.3 Å². The Bertz CT molecular complexity index is 945. The van der Waals surface area contributed by atoms with E-state index in [1.807, 2.05) is 4.83 Å². The molecule has 9 nitrogen and oxygen atoms in total. The minimum Gasteiger partial charge on any atom is -0.502 e. The van der Waals surface area contributed by atoms with Gasteiger partial charge in [-0.25, -0.2) is 8.42 Å². The van der Waals surface area contributed by atoms with E-state index >= 15 is 0 Å². The van der Waals surface area contributed by atoms with Crippen molar-refractivity contribution in [2.24, 2.45) is 0 Å². The minimum atomic E-state index is -4.22. The molecule has 0 aliphatic heterocycles. The highest BCUT2D eigenvalue weighted by Crippen LogP contribution is 2.30. The first-order valence-electron chi connectivity index (χ1n) is 7.19. The van der Waals surface area contributed by atoms with Crippen LogP contribution in [0.2, 0.25) is 0 Å². The molecule has 1 amide bonds. The van der Waals surface area contributed by atoms with Gasteiger partial charge in [0.25, 0.3) is 15.9 Å². The number of amides is 1. The van der Waals surface area contributed by atoms with Crippen molar-refractivity contribution >= 4 is 33.0 Å². The number of nitro benzene ring substituents is 1. The Labute approximate surface area is 146 Å². The van der Waals surface area contributed by atoms with Gasteiger partial charge in [-0.2, -0.15) is 0 Å². The number of nitrogens with zero attached hydrogens (tertiary/aromatic N) is 1. The molecular weight excluding hydrogens is 370 g/mol. The molecule has 132 valence electrons. The number of carbonyl (C=O) groups excluding carboxylic acids is 1. The zero-order valence-electron chi connectivity index (χ0n) is 12.7. The highest BCUT2D eigenvalue weighted by atomic mass is 32.2. The molecule has 0 fully saturated rings. The summed E-state index contributed by atoms with van der Waals surface area (Å²) in [4.78, 5) is 24.9. The number of benzene rings is 1. The summed E-state index contributed by atoms with van der Waals surface area (Å²) in [6.45, 7) is 0. The third-order valence-electron chi connectivity index (χ3n) is 3.72. The van der Waals surface area contributed by atoms with Crippen LogP contribution in [0.25, 0.3) is 0 Å². The molecule has 1 aliphatic carbocycles. The number of hydrogen-bond donors (Lipinski definition) is 3.